The van der Waals surface area contributed by atoms with Crippen molar-refractivity contribution >= 4 is 17.7 Å². The van der Waals surface area contributed by atoms with Gasteiger partial charge in [-0.1, -0.05) is 42.1 Å². The van der Waals surface area contributed by atoms with Crippen molar-refractivity contribution in [2.45, 2.75) is 31.5 Å². The maximum absolute atomic E-state index is 11.8. The van der Waals surface area contributed by atoms with Crippen LogP contribution in [0.15, 0.2) is 35.5 Å². The highest BCUT2D eigenvalue weighted by Gasteiger charge is 2.16. The molecule has 1 heterocycles. The Morgan fingerprint density at radius 3 is 2.52 bits per heavy atom. The number of rotatable bonds is 4. The van der Waals surface area contributed by atoms with Crippen LogP contribution in [0.25, 0.3) is 11.4 Å². The number of hydrogen-bond acceptors (Lipinski definition) is 4. The van der Waals surface area contributed by atoms with E-state index >= 15 is 0 Å². The van der Waals surface area contributed by atoms with Crippen LogP contribution in [-0.2, 0) is 11.8 Å². The summed E-state index contributed by atoms with van der Waals surface area (Å²) in [6.07, 6.45) is 0. The second-order valence-corrected chi connectivity index (χ2v) is 6.76. The Morgan fingerprint density at radius 1 is 1.24 bits per heavy atom. The Bertz CT molecular complexity index is 616. The van der Waals surface area contributed by atoms with Gasteiger partial charge in [-0.25, -0.2) is 0 Å². The van der Waals surface area contributed by atoms with Crippen LogP contribution in [0.4, 0.5) is 0 Å². The summed E-state index contributed by atoms with van der Waals surface area (Å²) < 4.78 is 1.91. The fraction of sp³-hybridized carbons (Fsp3) is 0.400. The van der Waals surface area contributed by atoms with Crippen LogP contribution in [0.2, 0.25) is 0 Å². The van der Waals surface area contributed by atoms with Crippen LogP contribution < -0.4 is 5.32 Å². The Hall–Kier alpha value is -1.82. The molecular weight excluding hydrogens is 284 g/mol. The Morgan fingerprint density at radius 2 is 1.90 bits per heavy atom. The average Bonchev–Trinajstić information content (AvgIpc) is 2.77. The summed E-state index contributed by atoms with van der Waals surface area (Å²) in [6, 6.07) is 9.88. The Balaban J connectivity index is 2.03. The van der Waals surface area contributed by atoms with Crippen molar-refractivity contribution < 1.29 is 4.79 Å². The van der Waals surface area contributed by atoms with Crippen molar-refractivity contribution in [1.82, 2.24) is 20.1 Å². The smallest absolute Gasteiger partial charge is 0.230 e. The van der Waals surface area contributed by atoms with Gasteiger partial charge in [0.25, 0.3) is 0 Å². The third kappa shape index (κ3) is 4.32. The van der Waals surface area contributed by atoms with Crippen molar-refractivity contribution in [3.8, 4) is 11.4 Å². The number of hydrogen-bond donors (Lipinski definition) is 1. The minimum atomic E-state index is -0.216. The Kier molecular flexibility index (Phi) is 4.67. The van der Waals surface area contributed by atoms with Crippen LogP contribution in [0.3, 0.4) is 0 Å². The molecule has 0 fully saturated rings. The molecule has 21 heavy (non-hydrogen) atoms. The monoisotopic (exact) mass is 304 g/mol. The number of aromatic nitrogens is 3. The van der Waals surface area contributed by atoms with Crippen molar-refractivity contribution in [2.75, 3.05) is 5.75 Å². The van der Waals surface area contributed by atoms with E-state index in [0.29, 0.717) is 5.75 Å². The summed E-state index contributed by atoms with van der Waals surface area (Å²) in [5, 5.41) is 12.0. The minimum absolute atomic E-state index is 0.00300. The molecule has 1 N–H and O–H groups in total. The lowest BCUT2D eigenvalue weighted by Crippen LogP contribution is -2.41. The molecule has 0 bridgehead atoms. The number of carbonyl (C=O) groups is 1. The molecule has 6 heteroatoms. The highest BCUT2D eigenvalue weighted by molar-refractivity contribution is 7.99. The van der Waals surface area contributed by atoms with Crippen molar-refractivity contribution in [3.05, 3.63) is 30.3 Å². The van der Waals surface area contributed by atoms with Crippen LogP contribution in [0.1, 0.15) is 20.8 Å². The zero-order valence-corrected chi connectivity index (χ0v) is 13.6. The molecule has 0 aliphatic rings. The first-order valence-electron chi connectivity index (χ1n) is 6.75. The molecule has 5 nitrogen and oxygen atoms in total. The van der Waals surface area contributed by atoms with Gasteiger partial charge in [0.15, 0.2) is 11.0 Å². The van der Waals surface area contributed by atoms with Crippen LogP contribution in [0.5, 0.6) is 0 Å². The first-order chi connectivity index (χ1) is 9.87. The third-order valence-corrected chi connectivity index (χ3v) is 3.73. The number of nitrogens with zero attached hydrogens (tertiary/aromatic N) is 3. The Labute approximate surface area is 129 Å². The standard InChI is InChI=1S/C15H20N4OS/c1-15(2,3)16-12(20)10-21-14-18-17-13(19(14)4)11-8-6-5-7-9-11/h5-9H,10H2,1-4H3,(H,16,20). The molecule has 1 aromatic heterocycles. The molecule has 0 radical (unpaired) electrons. The lowest BCUT2D eigenvalue weighted by Gasteiger charge is -2.20. The van der Waals surface area contributed by atoms with E-state index in [0.717, 1.165) is 16.5 Å². The molecule has 0 spiro atoms. The zero-order valence-electron chi connectivity index (χ0n) is 12.8. The molecule has 0 atom stereocenters. The number of amides is 1. The van der Waals surface area contributed by atoms with Crippen LogP contribution in [-0.4, -0.2) is 32.0 Å². The molecule has 0 aliphatic heterocycles. The van der Waals surface area contributed by atoms with Crippen molar-refractivity contribution in [3.63, 3.8) is 0 Å². The molecule has 2 rings (SSSR count). The number of carbonyl (C=O) groups excluding carboxylic acids is 1. The first-order valence-corrected chi connectivity index (χ1v) is 7.74. The summed E-state index contributed by atoms with van der Waals surface area (Å²) in [7, 11) is 1.91. The van der Waals surface area contributed by atoms with Crippen molar-refractivity contribution in [2.24, 2.45) is 7.05 Å². The molecule has 0 unspecified atom stereocenters. The molecule has 0 saturated heterocycles. The highest BCUT2D eigenvalue weighted by atomic mass is 32.2. The van der Waals surface area contributed by atoms with E-state index in [4.69, 9.17) is 0 Å². The van der Waals surface area contributed by atoms with Gasteiger partial charge < -0.3 is 9.88 Å². The van der Waals surface area contributed by atoms with Gasteiger partial charge in [0.1, 0.15) is 0 Å². The fourth-order valence-electron chi connectivity index (χ4n) is 1.86. The SMILES string of the molecule is Cn1c(SCC(=O)NC(C)(C)C)nnc1-c1ccccc1. The summed E-state index contributed by atoms with van der Waals surface area (Å²) in [4.78, 5) is 11.8. The molecule has 0 aliphatic carbocycles. The van der Waals surface area contributed by atoms with Gasteiger partial charge in [-0.05, 0) is 20.8 Å². The number of thioether (sulfide) groups is 1. The zero-order chi connectivity index (χ0) is 15.5. The van der Waals surface area contributed by atoms with Gasteiger partial charge in [0.05, 0.1) is 5.75 Å². The fourth-order valence-corrected chi connectivity index (χ4v) is 2.57. The second kappa shape index (κ2) is 6.30. The van der Waals surface area contributed by atoms with Gasteiger partial charge in [0.2, 0.25) is 5.91 Å². The normalized spacial score (nSPS) is 11.4. The highest BCUT2D eigenvalue weighted by Crippen LogP contribution is 2.22. The van der Waals surface area contributed by atoms with Gasteiger partial charge in [0, 0.05) is 18.2 Å². The lowest BCUT2D eigenvalue weighted by molar-refractivity contribution is -0.119. The van der Waals surface area contributed by atoms with E-state index in [-0.39, 0.29) is 11.4 Å². The van der Waals surface area contributed by atoms with Gasteiger partial charge in [-0.15, -0.1) is 10.2 Å². The second-order valence-electron chi connectivity index (χ2n) is 5.82. The summed E-state index contributed by atoms with van der Waals surface area (Å²) >= 11 is 1.39. The topological polar surface area (TPSA) is 59.8 Å². The molecule has 0 saturated carbocycles. The van der Waals surface area contributed by atoms with Crippen molar-refractivity contribution in [1.29, 1.82) is 0 Å². The summed E-state index contributed by atoms with van der Waals surface area (Å²) in [5.74, 6) is 1.13. The van der Waals surface area contributed by atoms with Crippen LogP contribution >= 0.6 is 11.8 Å². The van der Waals surface area contributed by atoms with E-state index in [9.17, 15) is 4.79 Å². The van der Waals surface area contributed by atoms with Gasteiger partial charge in [-0.3, -0.25) is 4.79 Å². The number of nitrogens with one attached hydrogen (secondary N) is 1. The number of benzene rings is 1. The molecule has 1 aromatic carbocycles. The van der Waals surface area contributed by atoms with Gasteiger partial charge >= 0.3 is 0 Å². The van der Waals surface area contributed by atoms with E-state index < -0.39 is 0 Å². The van der Waals surface area contributed by atoms with E-state index in [1.807, 2.05) is 62.7 Å². The lowest BCUT2D eigenvalue weighted by atomic mass is 10.1. The molecular formula is C15H20N4OS. The predicted molar refractivity (Wildman–Crippen MR) is 85.1 cm³/mol. The first kappa shape index (κ1) is 15.6. The summed E-state index contributed by atoms with van der Waals surface area (Å²) in [5.41, 5.74) is 0.797. The van der Waals surface area contributed by atoms with E-state index in [1.165, 1.54) is 11.8 Å². The maximum Gasteiger partial charge on any atom is 0.230 e. The predicted octanol–water partition coefficient (Wildman–Crippen LogP) is 2.49. The summed E-state index contributed by atoms with van der Waals surface area (Å²) in [6.45, 7) is 5.89. The van der Waals surface area contributed by atoms with Crippen LogP contribution in [0, 0.1) is 0 Å². The molecule has 2 aromatic rings. The van der Waals surface area contributed by atoms with E-state index in [1.54, 1.807) is 0 Å². The molecule has 1 amide bonds. The largest absolute Gasteiger partial charge is 0.351 e. The van der Waals surface area contributed by atoms with E-state index in [2.05, 4.69) is 15.5 Å². The molecule has 112 valence electrons. The third-order valence-electron chi connectivity index (χ3n) is 2.71. The average molecular weight is 304 g/mol. The van der Waals surface area contributed by atoms with Gasteiger partial charge in [-0.2, -0.15) is 0 Å². The minimum Gasteiger partial charge on any atom is -0.351 e. The quantitative estimate of drug-likeness (QED) is 0.882. The maximum atomic E-state index is 11.8.